The molecule has 6 nitrogen and oxygen atoms in total. The maximum atomic E-state index is 12.0. The highest BCUT2D eigenvalue weighted by Gasteiger charge is 2.14. The highest BCUT2D eigenvalue weighted by molar-refractivity contribution is 7.98. The van der Waals surface area contributed by atoms with E-state index in [1.54, 1.807) is 10.7 Å². The molecule has 7 heteroatoms. The summed E-state index contributed by atoms with van der Waals surface area (Å²) >= 11 is 1.50. The van der Waals surface area contributed by atoms with Gasteiger partial charge in [0.15, 0.2) is 0 Å². The monoisotopic (exact) mass is 392 g/mol. The highest BCUT2D eigenvalue weighted by atomic mass is 32.2. The number of hydrogen-bond donors (Lipinski definition) is 0. The molecule has 4 aromatic rings. The Bertz CT molecular complexity index is 1240. The first-order chi connectivity index (χ1) is 13.4. The van der Waals surface area contributed by atoms with E-state index >= 15 is 0 Å². The van der Waals surface area contributed by atoms with Crippen molar-refractivity contribution in [2.45, 2.75) is 38.6 Å². The summed E-state index contributed by atoms with van der Waals surface area (Å²) in [7, 11) is 0. The zero-order chi connectivity index (χ0) is 19.8. The van der Waals surface area contributed by atoms with E-state index in [1.807, 2.05) is 26.8 Å². The lowest BCUT2D eigenvalue weighted by atomic mass is 10.0. The number of tetrazole rings is 1. The predicted molar refractivity (Wildman–Crippen MR) is 110 cm³/mol. The SMILES string of the molecule is Cc1ccc(C)c(-n2nnnc2SCc2cc(=O)oc3cc(C)c(C)cc23)c1. The van der Waals surface area contributed by atoms with Gasteiger partial charge < -0.3 is 4.42 Å². The summed E-state index contributed by atoms with van der Waals surface area (Å²) in [6.45, 7) is 8.14. The van der Waals surface area contributed by atoms with Crippen molar-refractivity contribution in [1.29, 1.82) is 0 Å². The minimum atomic E-state index is -0.347. The summed E-state index contributed by atoms with van der Waals surface area (Å²) < 4.78 is 7.13. The molecule has 0 saturated carbocycles. The van der Waals surface area contributed by atoms with E-state index in [1.165, 1.54) is 11.8 Å². The summed E-state index contributed by atoms with van der Waals surface area (Å²) in [5.41, 5.74) is 6.63. The van der Waals surface area contributed by atoms with E-state index in [0.29, 0.717) is 16.5 Å². The summed E-state index contributed by atoms with van der Waals surface area (Å²) in [4.78, 5) is 12.0. The first kappa shape index (κ1) is 18.4. The van der Waals surface area contributed by atoms with Crippen molar-refractivity contribution in [3.63, 3.8) is 0 Å². The van der Waals surface area contributed by atoms with Gasteiger partial charge in [0, 0.05) is 17.2 Å². The smallest absolute Gasteiger partial charge is 0.336 e. The number of thioether (sulfide) groups is 1. The minimum Gasteiger partial charge on any atom is -0.423 e. The lowest BCUT2D eigenvalue weighted by Gasteiger charge is -2.10. The van der Waals surface area contributed by atoms with Crippen LogP contribution in [0.3, 0.4) is 0 Å². The van der Waals surface area contributed by atoms with Gasteiger partial charge in [-0.15, -0.1) is 5.10 Å². The molecule has 0 fully saturated rings. The Morgan fingerprint density at radius 2 is 1.79 bits per heavy atom. The Morgan fingerprint density at radius 1 is 1.00 bits per heavy atom. The van der Waals surface area contributed by atoms with Crippen LogP contribution in [0.1, 0.15) is 27.8 Å². The number of aromatic nitrogens is 4. The largest absolute Gasteiger partial charge is 0.423 e. The molecule has 0 aliphatic heterocycles. The molecular formula is C21H20N4O2S. The number of rotatable bonds is 4. The number of fused-ring (bicyclic) bond motifs is 1. The molecule has 0 unspecified atom stereocenters. The molecule has 0 radical (unpaired) electrons. The molecule has 28 heavy (non-hydrogen) atoms. The Hall–Kier alpha value is -2.93. The van der Waals surface area contributed by atoms with Crippen LogP contribution >= 0.6 is 11.8 Å². The Morgan fingerprint density at radius 3 is 2.61 bits per heavy atom. The van der Waals surface area contributed by atoms with Crippen molar-refractivity contribution in [2.24, 2.45) is 0 Å². The van der Waals surface area contributed by atoms with Crippen LogP contribution in [0.25, 0.3) is 16.7 Å². The van der Waals surface area contributed by atoms with Gasteiger partial charge >= 0.3 is 5.63 Å². The molecule has 0 aliphatic rings. The zero-order valence-electron chi connectivity index (χ0n) is 16.2. The topological polar surface area (TPSA) is 73.8 Å². The molecule has 4 rings (SSSR count). The van der Waals surface area contributed by atoms with Crippen molar-refractivity contribution >= 4 is 22.7 Å². The fourth-order valence-corrected chi connectivity index (χ4v) is 3.99. The van der Waals surface area contributed by atoms with Gasteiger partial charge in [-0.05, 0) is 84.1 Å². The lowest BCUT2D eigenvalue weighted by molar-refractivity contribution is 0.559. The molecule has 2 aromatic carbocycles. The Labute approximate surface area is 166 Å². The van der Waals surface area contributed by atoms with Crippen molar-refractivity contribution in [2.75, 3.05) is 0 Å². The summed E-state index contributed by atoms with van der Waals surface area (Å²) in [5, 5.41) is 13.8. The van der Waals surface area contributed by atoms with Gasteiger partial charge in [0.05, 0.1) is 5.69 Å². The van der Waals surface area contributed by atoms with Gasteiger partial charge in [-0.25, -0.2) is 4.79 Å². The van der Waals surface area contributed by atoms with Crippen molar-refractivity contribution in [3.05, 3.63) is 74.6 Å². The summed E-state index contributed by atoms with van der Waals surface area (Å²) in [6.07, 6.45) is 0. The van der Waals surface area contributed by atoms with Crippen molar-refractivity contribution in [3.8, 4) is 5.69 Å². The fourth-order valence-electron chi connectivity index (χ4n) is 3.11. The van der Waals surface area contributed by atoms with Crippen LogP contribution < -0.4 is 5.63 Å². The lowest BCUT2D eigenvalue weighted by Crippen LogP contribution is -2.03. The van der Waals surface area contributed by atoms with Crippen LogP contribution in [0.5, 0.6) is 0 Å². The standard InChI is InChI=1S/C21H20N4O2S/c1-12-5-6-13(2)18(7-12)25-21(22-23-24-25)28-11-16-10-20(26)27-19-9-15(4)14(3)8-17(16)19/h5-10H,11H2,1-4H3. The third kappa shape index (κ3) is 3.45. The second kappa shape index (κ2) is 7.24. The average molecular weight is 392 g/mol. The molecule has 2 aromatic heterocycles. The van der Waals surface area contributed by atoms with Gasteiger partial charge in [-0.1, -0.05) is 23.9 Å². The van der Waals surface area contributed by atoms with E-state index in [9.17, 15) is 4.79 Å². The minimum absolute atomic E-state index is 0.347. The van der Waals surface area contributed by atoms with Crippen LogP contribution in [-0.2, 0) is 5.75 Å². The Kier molecular flexibility index (Phi) is 4.77. The van der Waals surface area contributed by atoms with Crippen LogP contribution in [0.15, 0.2) is 50.8 Å². The molecule has 0 amide bonds. The van der Waals surface area contributed by atoms with Gasteiger partial charge in [0.1, 0.15) is 5.58 Å². The third-order valence-corrected chi connectivity index (χ3v) is 5.80. The Balaban J connectivity index is 1.70. The van der Waals surface area contributed by atoms with E-state index in [2.05, 4.69) is 46.7 Å². The fraction of sp³-hybridized carbons (Fsp3) is 0.238. The normalized spacial score (nSPS) is 11.3. The molecule has 0 spiro atoms. The van der Waals surface area contributed by atoms with Crippen LogP contribution in [0.4, 0.5) is 0 Å². The maximum Gasteiger partial charge on any atom is 0.336 e. The molecule has 0 aliphatic carbocycles. The molecule has 142 valence electrons. The molecular weight excluding hydrogens is 372 g/mol. The quantitative estimate of drug-likeness (QED) is 0.381. The molecule has 0 atom stereocenters. The van der Waals surface area contributed by atoms with Gasteiger partial charge in [-0.3, -0.25) is 0 Å². The van der Waals surface area contributed by atoms with Crippen molar-refractivity contribution in [1.82, 2.24) is 20.2 Å². The number of benzene rings is 2. The second-order valence-electron chi connectivity index (χ2n) is 6.98. The molecule has 0 N–H and O–H groups in total. The van der Waals surface area contributed by atoms with E-state index in [4.69, 9.17) is 4.42 Å². The van der Waals surface area contributed by atoms with Gasteiger partial charge in [-0.2, -0.15) is 4.68 Å². The van der Waals surface area contributed by atoms with Crippen LogP contribution in [0.2, 0.25) is 0 Å². The predicted octanol–water partition coefficient (Wildman–Crippen LogP) is 4.29. The van der Waals surface area contributed by atoms with Crippen LogP contribution in [-0.4, -0.2) is 20.2 Å². The van der Waals surface area contributed by atoms with Crippen LogP contribution in [0, 0.1) is 27.7 Å². The van der Waals surface area contributed by atoms with E-state index in [-0.39, 0.29) is 5.63 Å². The number of aryl methyl sites for hydroxylation is 4. The zero-order valence-corrected chi connectivity index (χ0v) is 17.0. The van der Waals surface area contributed by atoms with Gasteiger partial charge in [0.2, 0.25) is 5.16 Å². The van der Waals surface area contributed by atoms with Gasteiger partial charge in [0.25, 0.3) is 0 Å². The third-order valence-electron chi connectivity index (χ3n) is 4.83. The number of hydrogen-bond acceptors (Lipinski definition) is 6. The van der Waals surface area contributed by atoms with Crippen molar-refractivity contribution < 1.29 is 4.42 Å². The van der Waals surface area contributed by atoms with E-state index in [0.717, 1.165) is 38.9 Å². The maximum absolute atomic E-state index is 12.0. The molecule has 0 bridgehead atoms. The molecule has 0 saturated heterocycles. The second-order valence-corrected chi connectivity index (χ2v) is 7.92. The number of nitrogens with zero attached hydrogens (tertiary/aromatic N) is 4. The molecule has 2 heterocycles. The first-order valence-corrected chi connectivity index (χ1v) is 9.94. The first-order valence-electron chi connectivity index (χ1n) is 8.95. The van der Waals surface area contributed by atoms with E-state index < -0.39 is 0 Å². The average Bonchev–Trinajstić information content (AvgIpc) is 3.11. The summed E-state index contributed by atoms with van der Waals surface area (Å²) in [5.74, 6) is 0.565. The summed E-state index contributed by atoms with van der Waals surface area (Å²) in [6, 6.07) is 11.7. The highest BCUT2D eigenvalue weighted by Crippen LogP contribution is 2.28.